The molecule has 1 aromatic carbocycles. The van der Waals surface area contributed by atoms with Crippen LogP contribution in [0.1, 0.15) is 16.3 Å². The van der Waals surface area contributed by atoms with Crippen LogP contribution in [0, 0.1) is 0 Å². The van der Waals surface area contributed by atoms with E-state index in [9.17, 15) is 4.79 Å². The third kappa shape index (κ3) is 2.93. The Bertz CT molecular complexity index is 985. The van der Waals surface area contributed by atoms with Gasteiger partial charge in [0.2, 0.25) is 0 Å². The number of amides is 1. The molecule has 0 saturated heterocycles. The number of thiazole rings is 1. The number of furan rings is 2. The average Bonchev–Trinajstić information content (AvgIpc) is 3.31. The molecule has 0 radical (unpaired) electrons. The van der Waals surface area contributed by atoms with Crippen LogP contribution in [0.5, 0.6) is 0 Å². The summed E-state index contributed by atoms with van der Waals surface area (Å²) in [6.07, 6.45) is 0. The topological polar surface area (TPSA) is 68.3 Å². The van der Waals surface area contributed by atoms with E-state index in [4.69, 9.17) is 20.4 Å². The number of hydrogen-bond donors (Lipinski definition) is 1. The number of nitrogens with zero attached hydrogens (tertiary/aromatic N) is 1. The van der Waals surface area contributed by atoms with Gasteiger partial charge in [0.15, 0.2) is 21.7 Å². The highest BCUT2D eigenvalue weighted by Crippen LogP contribution is 2.31. The quantitative estimate of drug-likeness (QED) is 0.572. The molecule has 3 heterocycles. The number of para-hydroxylation sites is 1. The van der Waals surface area contributed by atoms with Gasteiger partial charge in [0.05, 0.1) is 16.8 Å². The van der Waals surface area contributed by atoms with Gasteiger partial charge in [0.25, 0.3) is 5.91 Å². The van der Waals surface area contributed by atoms with Gasteiger partial charge in [-0.05, 0) is 48.0 Å². The lowest BCUT2D eigenvalue weighted by molar-refractivity contribution is 0.0920. The van der Waals surface area contributed by atoms with Crippen molar-refractivity contribution in [1.29, 1.82) is 0 Å². The second kappa shape index (κ2) is 6.14. The van der Waals surface area contributed by atoms with Crippen molar-refractivity contribution in [2.45, 2.75) is 6.54 Å². The number of carbonyl (C=O) groups excluding carboxylic acids is 1. The molecule has 0 unspecified atom stereocenters. The fraction of sp³-hybridized carbons (Fsp3) is 0.0588. The van der Waals surface area contributed by atoms with E-state index in [1.165, 1.54) is 12.1 Å². The molecule has 0 aliphatic heterocycles. The average molecular weight is 359 g/mol. The number of fused-ring (bicyclic) bond motifs is 1. The third-order valence-electron chi connectivity index (χ3n) is 3.39. The molecule has 24 heavy (non-hydrogen) atoms. The van der Waals surface area contributed by atoms with E-state index in [1.807, 2.05) is 36.4 Å². The molecule has 0 aliphatic rings. The van der Waals surface area contributed by atoms with E-state index in [0.717, 1.165) is 15.2 Å². The number of halogens is 1. The minimum atomic E-state index is -0.347. The van der Waals surface area contributed by atoms with Gasteiger partial charge in [-0.25, -0.2) is 4.98 Å². The van der Waals surface area contributed by atoms with Gasteiger partial charge < -0.3 is 14.2 Å². The van der Waals surface area contributed by atoms with Crippen molar-refractivity contribution in [3.8, 4) is 10.8 Å². The minimum Gasteiger partial charge on any atom is -0.457 e. The molecule has 5 nitrogen and oxygen atoms in total. The summed E-state index contributed by atoms with van der Waals surface area (Å²) >= 11 is 7.22. The van der Waals surface area contributed by atoms with E-state index < -0.39 is 0 Å². The van der Waals surface area contributed by atoms with Gasteiger partial charge in [-0.15, -0.1) is 11.3 Å². The molecular weight excluding hydrogens is 348 g/mol. The molecule has 0 saturated carbocycles. The minimum absolute atomic E-state index is 0.165. The molecule has 1 amide bonds. The van der Waals surface area contributed by atoms with Crippen molar-refractivity contribution in [3.63, 3.8) is 0 Å². The number of carbonyl (C=O) groups is 1. The van der Waals surface area contributed by atoms with Crippen LogP contribution in [-0.4, -0.2) is 10.9 Å². The molecule has 0 spiro atoms. The molecule has 3 aromatic heterocycles. The Labute approximate surface area is 145 Å². The van der Waals surface area contributed by atoms with E-state index in [-0.39, 0.29) is 23.4 Å². The maximum Gasteiger partial charge on any atom is 0.287 e. The van der Waals surface area contributed by atoms with Crippen LogP contribution in [-0.2, 0) is 6.54 Å². The first-order chi connectivity index (χ1) is 11.7. The normalized spacial score (nSPS) is 11.0. The summed E-state index contributed by atoms with van der Waals surface area (Å²) in [6, 6.07) is 14.6. The summed E-state index contributed by atoms with van der Waals surface area (Å²) in [5, 5.41) is 3.71. The molecule has 1 N–H and O–H groups in total. The smallest absolute Gasteiger partial charge is 0.287 e. The predicted molar refractivity (Wildman–Crippen MR) is 92.2 cm³/mol. The molecule has 120 valence electrons. The van der Waals surface area contributed by atoms with Crippen molar-refractivity contribution in [3.05, 3.63) is 65.3 Å². The number of benzene rings is 1. The van der Waals surface area contributed by atoms with Gasteiger partial charge in [-0.3, -0.25) is 4.79 Å². The van der Waals surface area contributed by atoms with Crippen molar-refractivity contribution >= 4 is 39.1 Å². The highest BCUT2D eigenvalue weighted by molar-refractivity contribution is 7.21. The Balaban J connectivity index is 1.47. The Morgan fingerprint density at radius 1 is 1.12 bits per heavy atom. The highest BCUT2D eigenvalue weighted by Gasteiger charge is 2.13. The van der Waals surface area contributed by atoms with Gasteiger partial charge in [-0.2, -0.15) is 0 Å². The monoisotopic (exact) mass is 358 g/mol. The Morgan fingerprint density at radius 2 is 2.00 bits per heavy atom. The maximum absolute atomic E-state index is 11.9. The zero-order valence-electron chi connectivity index (χ0n) is 12.3. The zero-order chi connectivity index (χ0) is 16.5. The lowest BCUT2D eigenvalue weighted by Crippen LogP contribution is -2.21. The van der Waals surface area contributed by atoms with E-state index in [1.54, 1.807) is 11.3 Å². The van der Waals surface area contributed by atoms with Gasteiger partial charge in [-0.1, -0.05) is 12.1 Å². The van der Waals surface area contributed by atoms with Crippen molar-refractivity contribution in [2.24, 2.45) is 0 Å². The van der Waals surface area contributed by atoms with Gasteiger partial charge in [0.1, 0.15) is 5.76 Å². The summed E-state index contributed by atoms with van der Waals surface area (Å²) in [6.45, 7) is 0.252. The summed E-state index contributed by atoms with van der Waals surface area (Å²) in [5.74, 6) is 1.13. The summed E-state index contributed by atoms with van der Waals surface area (Å²) in [4.78, 5) is 16.5. The van der Waals surface area contributed by atoms with Crippen LogP contribution in [0.4, 0.5) is 0 Å². The first-order valence-corrected chi connectivity index (χ1v) is 8.37. The fourth-order valence-corrected chi connectivity index (χ4v) is 3.33. The van der Waals surface area contributed by atoms with Crippen LogP contribution >= 0.6 is 22.9 Å². The number of hydrogen-bond acceptors (Lipinski definition) is 5. The van der Waals surface area contributed by atoms with Gasteiger partial charge >= 0.3 is 0 Å². The van der Waals surface area contributed by atoms with Crippen molar-refractivity contribution in [1.82, 2.24) is 10.3 Å². The van der Waals surface area contributed by atoms with E-state index >= 15 is 0 Å². The molecule has 7 heteroatoms. The van der Waals surface area contributed by atoms with Crippen LogP contribution in [0.3, 0.4) is 0 Å². The largest absolute Gasteiger partial charge is 0.457 e. The summed E-state index contributed by atoms with van der Waals surface area (Å²) < 4.78 is 11.9. The Hall–Kier alpha value is -2.57. The Kier molecular flexibility index (Phi) is 3.84. The van der Waals surface area contributed by atoms with E-state index in [2.05, 4.69) is 10.3 Å². The summed E-state index contributed by atoms with van der Waals surface area (Å²) in [5.41, 5.74) is 0.943. The lowest BCUT2D eigenvalue weighted by Gasteiger charge is -2.00. The number of aromatic nitrogens is 1. The second-order valence-electron chi connectivity index (χ2n) is 5.04. The number of rotatable bonds is 4. The fourth-order valence-electron chi connectivity index (χ4n) is 2.26. The molecule has 0 fully saturated rings. The van der Waals surface area contributed by atoms with Crippen LogP contribution in [0.2, 0.25) is 5.22 Å². The predicted octanol–water partition coefficient (Wildman–Crippen LogP) is 4.73. The standard InChI is InChI=1S/C17H11ClN2O3S/c18-15-8-7-12(23-15)16(21)19-9-10-5-6-13(22-10)17-20-11-3-1-2-4-14(11)24-17/h1-8H,9H2,(H,19,21). The first kappa shape index (κ1) is 15.0. The van der Waals surface area contributed by atoms with Gasteiger partial charge in [0, 0.05) is 0 Å². The van der Waals surface area contributed by atoms with Crippen LogP contribution < -0.4 is 5.32 Å². The molecule has 4 rings (SSSR count). The lowest BCUT2D eigenvalue weighted by atomic mass is 10.3. The first-order valence-electron chi connectivity index (χ1n) is 7.17. The molecule has 0 bridgehead atoms. The highest BCUT2D eigenvalue weighted by atomic mass is 35.5. The number of nitrogens with one attached hydrogen (secondary N) is 1. The van der Waals surface area contributed by atoms with E-state index in [0.29, 0.717) is 11.5 Å². The second-order valence-corrected chi connectivity index (χ2v) is 6.44. The van der Waals surface area contributed by atoms with Crippen molar-refractivity contribution < 1.29 is 13.6 Å². The summed E-state index contributed by atoms with van der Waals surface area (Å²) in [7, 11) is 0. The molecule has 0 aliphatic carbocycles. The third-order valence-corrected chi connectivity index (χ3v) is 4.64. The van der Waals surface area contributed by atoms with Crippen molar-refractivity contribution in [2.75, 3.05) is 0 Å². The molecule has 0 atom stereocenters. The molecular formula is C17H11ClN2O3S. The Morgan fingerprint density at radius 3 is 2.79 bits per heavy atom. The zero-order valence-corrected chi connectivity index (χ0v) is 13.9. The molecule has 4 aromatic rings. The maximum atomic E-state index is 11.9. The SMILES string of the molecule is O=C(NCc1ccc(-c2nc3ccccc3s2)o1)c1ccc(Cl)o1. The van der Waals surface area contributed by atoms with Crippen LogP contribution in [0.25, 0.3) is 21.0 Å². The van der Waals surface area contributed by atoms with Crippen LogP contribution in [0.15, 0.2) is 57.4 Å².